The van der Waals surface area contributed by atoms with Gasteiger partial charge in [-0.05, 0) is 11.6 Å². The molecule has 9 nitrogen and oxygen atoms in total. The zero-order valence-electron chi connectivity index (χ0n) is 9.99. The quantitative estimate of drug-likeness (QED) is 0.369. The van der Waals surface area contributed by atoms with Gasteiger partial charge in [0.25, 0.3) is 5.69 Å². The monoisotopic (exact) mass is 342 g/mol. The van der Waals surface area contributed by atoms with Gasteiger partial charge in [-0.2, -0.15) is 0 Å². The molecule has 1 aliphatic heterocycles. The summed E-state index contributed by atoms with van der Waals surface area (Å²) >= 11 is 3.16. The number of fused-ring (bicyclic) bond motifs is 1. The van der Waals surface area contributed by atoms with Crippen molar-refractivity contribution in [2.24, 2.45) is 5.11 Å². The van der Waals surface area contributed by atoms with Crippen LogP contribution in [0, 0.1) is 15.6 Å². The number of hydrogen-bond donors (Lipinski definition) is 2. The number of carboxylic acid groups (broad SMARTS) is 1. The smallest absolute Gasteiger partial charge is 0.412 e. The number of nitrogens with zero attached hydrogens (tertiary/aromatic N) is 4. The third kappa shape index (κ3) is 2.51. The molecule has 20 heavy (non-hydrogen) atoms. The highest BCUT2D eigenvalue weighted by atomic mass is 79.9. The lowest BCUT2D eigenvalue weighted by atomic mass is 9.97. The lowest BCUT2D eigenvalue weighted by Crippen LogP contribution is -2.41. The number of rotatable bonds is 2. The molecule has 1 aromatic carbocycles. The second-order valence-corrected chi connectivity index (χ2v) is 5.07. The van der Waals surface area contributed by atoms with Gasteiger partial charge in [-0.15, -0.1) is 0 Å². The van der Waals surface area contributed by atoms with Gasteiger partial charge in [0.2, 0.25) is 4.91 Å². The number of benzene rings is 1. The Morgan fingerprint density at radius 3 is 2.90 bits per heavy atom. The molecule has 1 aliphatic rings. The SMILES string of the molecule is N=[N+]=NC1Cc2cc(Br)cc([N+](=O)[O-])c2N(C(=O)O)C1. The van der Waals surface area contributed by atoms with Crippen LogP contribution in [0.2, 0.25) is 0 Å². The maximum atomic E-state index is 11.3. The van der Waals surface area contributed by atoms with Crippen LogP contribution in [0.5, 0.6) is 0 Å². The minimum atomic E-state index is -1.30. The van der Waals surface area contributed by atoms with Crippen molar-refractivity contribution in [1.29, 1.82) is 5.53 Å². The van der Waals surface area contributed by atoms with Gasteiger partial charge >= 0.3 is 6.09 Å². The number of carbonyl (C=O) groups is 1. The van der Waals surface area contributed by atoms with Crippen LogP contribution < -0.4 is 9.81 Å². The van der Waals surface area contributed by atoms with Crippen LogP contribution in [0.4, 0.5) is 16.2 Å². The summed E-state index contributed by atoms with van der Waals surface area (Å²) in [7, 11) is 0. The molecule has 0 aromatic heterocycles. The summed E-state index contributed by atoms with van der Waals surface area (Å²) in [4.78, 5) is 25.6. The van der Waals surface area contributed by atoms with Crippen LogP contribution in [-0.2, 0) is 6.42 Å². The van der Waals surface area contributed by atoms with Gasteiger partial charge in [0, 0.05) is 17.0 Å². The maximum absolute atomic E-state index is 11.3. The fourth-order valence-corrected chi connectivity index (χ4v) is 2.69. The zero-order chi connectivity index (χ0) is 14.9. The van der Waals surface area contributed by atoms with Crippen LogP contribution in [-0.4, -0.2) is 28.7 Å². The topological polar surface area (TPSA) is 134 Å². The van der Waals surface area contributed by atoms with Crippen molar-refractivity contribution in [3.8, 4) is 0 Å². The maximum Gasteiger partial charge on any atom is 0.412 e. The Hall–Kier alpha value is -2.32. The molecular formula is C10H9BrN5O4+. The number of hydrogen-bond acceptors (Lipinski definition) is 5. The summed E-state index contributed by atoms with van der Waals surface area (Å²) in [5.74, 6) is 0. The highest BCUT2D eigenvalue weighted by Crippen LogP contribution is 2.39. The normalized spacial score (nSPS) is 17.1. The van der Waals surface area contributed by atoms with E-state index in [9.17, 15) is 20.0 Å². The summed E-state index contributed by atoms with van der Waals surface area (Å²) < 4.78 is 0.483. The molecule has 1 unspecified atom stereocenters. The lowest BCUT2D eigenvalue weighted by molar-refractivity contribution is -0.384. The molecule has 1 aromatic rings. The van der Waals surface area contributed by atoms with Crippen molar-refractivity contribution >= 4 is 33.4 Å². The molecule has 2 N–H and O–H groups in total. The Morgan fingerprint density at radius 2 is 2.35 bits per heavy atom. The fraction of sp³-hybridized carbons (Fsp3) is 0.300. The molecule has 2 rings (SSSR count). The molecule has 0 saturated carbocycles. The van der Waals surface area contributed by atoms with E-state index in [-0.39, 0.29) is 17.9 Å². The highest BCUT2D eigenvalue weighted by molar-refractivity contribution is 9.10. The largest absolute Gasteiger partial charge is 0.465 e. The zero-order valence-corrected chi connectivity index (χ0v) is 11.6. The first-order valence-electron chi connectivity index (χ1n) is 5.48. The van der Waals surface area contributed by atoms with E-state index in [2.05, 4.69) is 26.0 Å². The molecule has 10 heteroatoms. The molecule has 0 bridgehead atoms. The van der Waals surface area contributed by atoms with E-state index in [1.165, 1.54) is 6.07 Å². The van der Waals surface area contributed by atoms with Gasteiger partial charge in [0.05, 0.1) is 11.5 Å². The molecule has 0 saturated heterocycles. The van der Waals surface area contributed by atoms with Crippen LogP contribution >= 0.6 is 15.9 Å². The summed E-state index contributed by atoms with van der Waals surface area (Å²) in [5, 5.41) is 23.9. The minimum absolute atomic E-state index is 0.0575. The van der Waals surface area contributed by atoms with Crippen molar-refractivity contribution < 1.29 is 14.8 Å². The summed E-state index contributed by atoms with van der Waals surface area (Å²) in [6.45, 7) is -0.0623. The number of nitrogens with one attached hydrogen (secondary N) is 1. The number of amides is 1. The van der Waals surface area contributed by atoms with Crippen molar-refractivity contribution in [1.82, 2.24) is 4.91 Å². The predicted octanol–water partition coefficient (Wildman–Crippen LogP) is 2.32. The molecule has 1 atom stereocenters. The van der Waals surface area contributed by atoms with E-state index in [4.69, 9.17) is 5.53 Å². The first kappa shape index (κ1) is 14.1. The van der Waals surface area contributed by atoms with E-state index in [0.717, 1.165) is 4.90 Å². The standard InChI is InChI=1S/C10H8BrN5O4/c11-6-1-5-2-7(13-14-12)4-15(10(17)18)9(5)8(3-6)16(19)20/h1,3,7,12H,2,4H2/p+1. The van der Waals surface area contributed by atoms with Crippen LogP contribution in [0.1, 0.15) is 5.56 Å². The molecule has 1 amide bonds. The molecule has 104 valence electrons. The molecule has 0 aliphatic carbocycles. The Bertz CT molecular complexity index is 643. The molecular weight excluding hydrogens is 334 g/mol. The van der Waals surface area contributed by atoms with Crippen LogP contribution in [0.15, 0.2) is 21.7 Å². The Morgan fingerprint density at radius 1 is 1.65 bits per heavy atom. The van der Waals surface area contributed by atoms with E-state index in [0.29, 0.717) is 16.5 Å². The molecule has 0 radical (unpaired) electrons. The van der Waals surface area contributed by atoms with E-state index in [1.807, 2.05) is 0 Å². The van der Waals surface area contributed by atoms with Gasteiger partial charge in [-0.25, -0.2) is 4.79 Å². The van der Waals surface area contributed by atoms with E-state index >= 15 is 0 Å². The third-order valence-electron chi connectivity index (χ3n) is 2.90. The van der Waals surface area contributed by atoms with Gasteiger partial charge in [0.1, 0.15) is 16.3 Å². The summed E-state index contributed by atoms with van der Waals surface area (Å²) in [5.41, 5.74) is 6.99. The third-order valence-corrected chi connectivity index (χ3v) is 3.36. The lowest BCUT2D eigenvalue weighted by Gasteiger charge is -2.28. The Balaban J connectivity index is 2.64. The van der Waals surface area contributed by atoms with E-state index in [1.54, 1.807) is 6.07 Å². The van der Waals surface area contributed by atoms with Crippen molar-refractivity contribution in [2.45, 2.75) is 12.5 Å². The second kappa shape index (κ2) is 5.35. The molecule has 0 fully saturated rings. The Kier molecular flexibility index (Phi) is 3.77. The highest BCUT2D eigenvalue weighted by Gasteiger charge is 2.36. The van der Waals surface area contributed by atoms with Crippen molar-refractivity contribution in [3.63, 3.8) is 0 Å². The fourth-order valence-electron chi connectivity index (χ4n) is 2.20. The van der Waals surface area contributed by atoms with Crippen LogP contribution in [0.3, 0.4) is 0 Å². The van der Waals surface area contributed by atoms with E-state index < -0.39 is 17.1 Å². The van der Waals surface area contributed by atoms with Gasteiger partial charge < -0.3 is 5.11 Å². The second-order valence-electron chi connectivity index (χ2n) is 4.16. The Labute approximate surface area is 120 Å². The first-order chi connectivity index (χ1) is 9.43. The van der Waals surface area contributed by atoms with Gasteiger partial charge in [-0.3, -0.25) is 15.0 Å². The molecule has 1 heterocycles. The minimum Gasteiger partial charge on any atom is -0.465 e. The van der Waals surface area contributed by atoms with Gasteiger partial charge in [0.15, 0.2) is 6.04 Å². The average molecular weight is 343 g/mol. The number of anilines is 1. The number of nitro benzene ring substituents is 1. The van der Waals surface area contributed by atoms with Crippen molar-refractivity contribution in [3.05, 3.63) is 32.3 Å². The number of halogens is 1. The first-order valence-corrected chi connectivity index (χ1v) is 6.27. The predicted molar refractivity (Wildman–Crippen MR) is 70.9 cm³/mol. The van der Waals surface area contributed by atoms with Gasteiger partial charge in [-0.1, -0.05) is 15.9 Å². The summed E-state index contributed by atoms with van der Waals surface area (Å²) in [6.07, 6.45) is -1.01. The van der Waals surface area contributed by atoms with Crippen LogP contribution in [0.25, 0.3) is 0 Å². The average Bonchev–Trinajstić information content (AvgIpc) is 2.36. The molecule has 0 spiro atoms. The number of nitro groups is 1. The summed E-state index contributed by atoms with van der Waals surface area (Å²) in [6, 6.07) is 2.36. The van der Waals surface area contributed by atoms with Crippen molar-refractivity contribution in [2.75, 3.05) is 11.4 Å².